The molecular formula is C48H82O19. The molecule has 4 saturated carbocycles. The first-order chi connectivity index (χ1) is 31.3. The summed E-state index contributed by atoms with van der Waals surface area (Å²) in [5.74, 6) is -1.02. The number of hydrogen-bond donors (Lipinski definition) is 13. The van der Waals surface area contributed by atoms with E-state index in [1.165, 1.54) is 0 Å². The lowest BCUT2D eigenvalue weighted by molar-refractivity contribution is -0.380. The normalized spacial score (nSPS) is 52.9. The zero-order valence-electron chi connectivity index (χ0n) is 40.3. The Hall–Kier alpha value is -1.02. The predicted molar refractivity (Wildman–Crippen MR) is 235 cm³/mol. The third kappa shape index (κ3) is 9.03. The number of aliphatic hydroxyl groups excluding tert-OH is 13. The highest BCUT2D eigenvalue weighted by Crippen LogP contribution is 2.76. The number of fused-ring (bicyclic) bond motifs is 5. The smallest absolute Gasteiger partial charge is 0.187 e. The van der Waals surface area contributed by atoms with Crippen LogP contribution in [0, 0.1) is 45.3 Å². The molecule has 13 N–H and O–H groups in total. The molecule has 0 aromatic carbocycles. The number of hydrogen-bond acceptors (Lipinski definition) is 19. The average Bonchev–Trinajstić information content (AvgIpc) is 3.65. The van der Waals surface area contributed by atoms with Gasteiger partial charge in [-0.25, -0.2) is 0 Å². The van der Waals surface area contributed by atoms with Gasteiger partial charge >= 0.3 is 0 Å². The van der Waals surface area contributed by atoms with Gasteiger partial charge in [-0.3, -0.25) is 0 Å². The Balaban J connectivity index is 1.15. The van der Waals surface area contributed by atoms with E-state index in [9.17, 15) is 66.4 Å². The molecule has 388 valence electrons. The molecule has 19 nitrogen and oxygen atoms in total. The van der Waals surface area contributed by atoms with Crippen molar-refractivity contribution in [1.82, 2.24) is 0 Å². The number of aliphatic hydroxyl groups is 13. The summed E-state index contributed by atoms with van der Waals surface area (Å²) in [6.07, 6.45) is -19.2. The van der Waals surface area contributed by atoms with E-state index in [0.717, 1.165) is 5.57 Å². The van der Waals surface area contributed by atoms with E-state index in [1.54, 1.807) is 0 Å². The van der Waals surface area contributed by atoms with Crippen LogP contribution in [0.5, 0.6) is 0 Å². The molecule has 0 aromatic heterocycles. The molecule has 3 aliphatic heterocycles. The number of ether oxygens (including phenoxy) is 6. The van der Waals surface area contributed by atoms with Crippen molar-refractivity contribution in [3.05, 3.63) is 11.6 Å². The van der Waals surface area contributed by atoms with Crippen molar-refractivity contribution in [2.24, 2.45) is 45.3 Å². The summed E-state index contributed by atoms with van der Waals surface area (Å²) in [6.45, 7) is 14.6. The zero-order chi connectivity index (χ0) is 49.5. The van der Waals surface area contributed by atoms with Gasteiger partial charge in [0.15, 0.2) is 18.9 Å². The van der Waals surface area contributed by atoms with Gasteiger partial charge in [0.2, 0.25) is 0 Å². The molecule has 67 heavy (non-hydrogen) atoms. The van der Waals surface area contributed by atoms with Crippen LogP contribution in [0.2, 0.25) is 0 Å². The molecule has 7 fully saturated rings. The van der Waals surface area contributed by atoms with E-state index in [2.05, 4.69) is 26.8 Å². The van der Waals surface area contributed by atoms with Gasteiger partial charge in [0, 0.05) is 0 Å². The van der Waals surface area contributed by atoms with Crippen molar-refractivity contribution in [3.8, 4) is 0 Å². The Morgan fingerprint density at radius 1 is 0.627 bits per heavy atom. The van der Waals surface area contributed by atoms with Crippen LogP contribution in [0.15, 0.2) is 11.6 Å². The van der Waals surface area contributed by atoms with Gasteiger partial charge in [-0.2, -0.15) is 0 Å². The first kappa shape index (κ1) is 53.8. The second kappa shape index (κ2) is 19.8. The van der Waals surface area contributed by atoms with E-state index in [4.69, 9.17) is 28.4 Å². The van der Waals surface area contributed by atoms with Crippen molar-refractivity contribution in [2.45, 2.75) is 223 Å². The second-order valence-electron chi connectivity index (χ2n) is 23.1. The van der Waals surface area contributed by atoms with Crippen molar-refractivity contribution < 1.29 is 94.8 Å². The first-order valence-electron chi connectivity index (χ1n) is 24.5. The summed E-state index contributed by atoms with van der Waals surface area (Å²) in [5.41, 5.74) is -2.23. The third-order valence-electron chi connectivity index (χ3n) is 18.7. The molecule has 19 heteroatoms. The minimum atomic E-state index is -1.83. The van der Waals surface area contributed by atoms with Crippen LogP contribution < -0.4 is 0 Å². The van der Waals surface area contributed by atoms with E-state index < -0.39 is 158 Å². The van der Waals surface area contributed by atoms with Crippen LogP contribution in [0.4, 0.5) is 0 Å². The minimum Gasteiger partial charge on any atom is -0.394 e. The van der Waals surface area contributed by atoms with Crippen LogP contribution in [-0.2, 0) is 28.4 Å². The molecule has 0 bridgehead atoms. The molecule has 3 saturated heterocycles. The fraction of sp³-hybridized carbons (Fsp3) is 0.958. The highest BCUT2D eigenvalue weighted by molar-refractivity contribution is 5.22. The topological polar surface area (TPSA) is 318 Å². The average molecular weight is 963 g/mol. The van der Waals surface area contributed by atoms with Gasteiger partial charge in [-0.15, -0.1) is 0 Å². The standard InChI is InChI=1S/C48H82O19/c1-21(2)10-9-13-48(8,67-42-38(61)35(58)32(55)26(19-50)63-42)22-11-15-46(6)30(22)23(52)16-28-45(5)14-12-29(44(3,4)40(45)24(53)17-47(28,46)7)65-43-39(36(59)33(56)27(20-51)64-43)66-41-37(60)34(57)31(54)25(18-49)62-41/h10,22-43,49-61H,9,11-20H2,1-8H3/t22-,23-,24-,25-,26+,27-,28-,29+,30+,31+,32+,33-,34-,35-,36+,37+,38+,39+,40+,41+,42-,43+,45+,46-,47+,48+/m1/s1. The molecule has 7 rings (SSSR count). The van der Waals surface area contributed by atoms with Gasteiger partial charge in [0.05, 0.1) is 43.7 Å². The van der Waals surface area contributed by atoms with E-state index in [0.29, 0.717) is 51.4 Å². The van der Waals surface area contributed by atoms with Crippen LogP contribution in [-0.4, -0.2) is 202 Å². The Bertz CT molecular complexity index is 1710. The highest BCUT2D eigenvalue weighted by atomic mass is 16.8. The maximum absolute atomic E-state index is 12.7. The summed E-state index contributed by atoms with van der Waals surface area (Å²) < 4.78 is 37.0. The predicted octanol–water partition coefficient (Wildman–Crippen LogP) is -1.06. The maximum atomic E-state index is 12.7. The molecule has 0 radical (unpaired) electrons. The molecule has 0 unspecified atom stereocenters. The molecule has 0 aromatic rings. The Kier molecular flexibility index (Phi) is 15.9. The Labute approximate surface area is 393 Å². The quantitative estimate of drug-likeness (QED) is 0.0773. The van der Waals surface area contributed by atoms with Crippen molar-refractivity contribution in [1.29, 1.82) is 0 Å². The Morgan fingerprint density at radius 2 is 1.16 bits per heavy atom. The second-order valence-corrected chi connectivity index (χ2v) is 23.1. The Morgan fingerprint density at radius 3 is 1.73 bits per heavy atom. The molecule has 26 atom stereocenters. The highest BCUT2D eigenvalue weighted by Gasteiger charge is 2.74. The van der Waals surface area contributed by atoms with Gasteiger partial charge < -0.3 is 94.8 Å². The monoisotopic (exact) mass is 963 g/mol. The fourth-order valence-electron chi connectivity index (χ4n) is 15.1. The van der Waals surface area contributed by atoms with E-state index in [-0.39, 0.29) is 23.7 Å². The molecule has 7 aliphatic rings. The summed E-state index contributed by atoms with van der Waals surface area (Å²) >= 11 is 0. The fourth-order valence-corrected chi connectivity index (χ4v) is 15.1. The maximum Gasteiger partial charge on any atom is 0.187 e. The third-order valence-corrected chi connectivity index (χ3v) is 18.7. The number of rotatable bonds is 13. The van der Waals surface area contributed by atoms with Crippen molar-refractivity contribution in [2.75, 3.05) is 19.8 Å². The van der Waals surface area contributed by atoms with Gasteiger partial charge in [-0.05, 0) is 117 Å². The van der Waals surface area contributed by atoms with Crippen LogP contribution >= 0.6 is 0 Å². The van der Waals surface area contributed by atoms with E-state index >= 15 is 0 Å². The van der Waals surface area contributed by atoms with Crippen LogP contribution in [0.3, 0.4) is 0 Å². The molecular weight excluding hydrogens is 881 g/mol. The minimum absolute atomic E-state index is 0.0733. The van der Waals surface area contributed by atoms with E-state index in [1.807, 2.05) is 34.6 Å². The summed E-state index contributed by atoms with van der Waals surface area (Å²) in [7, 11) is 0. The molecule has 4 aliphatic carbocycles. The van der Waals surface area contributed by atoms with Gasteiger partial charge in [0.25, 0.3) is 0 Å². The van der Waals surface area contributed by atoms with Crippen molar-refractivity contribution >= 4 is 0 Å². The SMILES string of the molecule is CC(C)=CCC[C@](C)(O[C@H]1O[C@@H](CO)[C@H](O)[C@@H](O)[C@@H]1O)[C@@H]1CC[C@]2(C)[C@@H]1[C@H](O)C[C@@H]1[C@]3(C)CC[C@H](O[C@@H]4O[C@H](CO)[C@@H](O)[C@H](O)[C@@H]4O[C@@H]4O[C@H](CO)[C@H](O)[C@@H](O)[C@@H]4O)C(C)(C)[C@@H]3[C@H](O)C[C@@]12C. The van der Waals surface area contributed by atoms with Crippen LogP contribution in [0.25, 0.3) is 0 Å². The molecule has 0 amide bonds. The summed E-state index contributed by atoms with van der Waals surface area (Å²) in [4.78, 5) is 0. The lowest BCUT2D eigenvalue weighted by Crippen LogP contribution is -2.70. The molecule has 0 spiro atoms. The largest absolute Gasteiger partial charge is 0.394 e. The summed E-state index contributed by atoms with van der Waals surface area (Å²) in [6, 6.07) is 0. The van der Waals surface area contributed by atoms with Crippen LogP contribution in [0.1, 0.15) is 107 Å². The zero-order valence-corrected chi connectivity index (χ0v) is 40.3. The lowest BCUT2D eigenvalue weighted by Gasteiger charge is -2.71. The number of allylic oxidation sites excluding steroid dienone is 2. The van der Waals surface area contributed by atoms with Gasteiger partial charge in [-0.1, -0.05) is 46.3 Å². The van der Waals surface area contributed by atoms with Gasteiger partial charge in [0.1, 0.15) is 73.2 Å². The first-order valence-corrected chi connectivity index (χ1v) is 24.5. The van der Waals surface area contributed by atoms with Crippen molar-refractivity contribution in [3.63, 3.8) is 0 Å². The summed E-state index contributed by atoms with van der Waals surface area (Å²) in [5, 5.41) is 142. The molecule has 3 heterocycles. The lowest BCUT2D eigenvalue weighted by atomic mass is 9.34.